The van der Waals surface area contributed by atoms with Crippen LogP contribution in [0.3, 0.4) is 0 Å². The van der Waals surface area contributed by atoms with Gasteiger partial charge in [0.15, 0.2) is 12.5 Å². The minimum absolute atomic E-state index is 0.263. The van der Waals surface area contributed by atoms with Gasteiger partial charge in [0.1, 0.15) is 5.82 Å². The third kappa shape index (κ3) is 4.27. The summed E-state index contributed by atoms with van der Waals surface area (Å²) in [6.45, 7) is 6.62. The average Bonchev–Trinajstić information content (AvgIpc) is 3.12. The van der Waals surface area contributed by atoms with Crippen molar-refractivity contribution in [1.82, 2.24) is 24.6 Å². The summed E-state index contributed by atoms with van der Waals surface area (Å²) in [5, 5.41) is 4.48. The van der Waals surface area contributed by atoms with E-state index in [9.17, 15) is 9.18 Å². The van der Waals surface area contributed by atoms with E-state index in [1.807, 2.05) is 19.9 Å². The van der Waals surface area contributed by atoms with Gasteiger partial charge in [-0.05, 0) is 38.1 Å². The zero-order valence-electron chi connectivity index (χ0n) is 17.8. The first kappa shape index (κ1) is 20.9. The number of piperazine rings is 1. The van der Waals surface area contributed by atoms with Crippen LogP contribution in [0.1, 0.15) is 17.6 Å². The minimum atomic E-state index is -0.432. The molecular formula is C22H25FN6O2. The number of carbonyl (C=O) groups is 1. The Morgan fingerprint density at radius 2 is 1.81 bits per heavy atom. The Labute approximate surface area is 180 Å². The molecule has 0 amide bonds. The molecule has 9 heteroatoms. The summed E-state index contributed by atoms with van der Waals surface area (Å²) in [5.74, 6) is -0.321. The fraction of sp³-hybridized carbons (Fsp3) is 0.364. The lowest BCUT2D eigenvalue weighted by Crippen LogP contribution is -2.49. The van der Waals surface area contributed by atoms with Crippen molar-refractivity contribution in [3.05, 3.63) is 53.9 Å². The third-order valence-corrected chi connectivity index (χ3v) is 5.53. The van der Waals surface area contributed by atoms with E-state index in [-0.39, 0.29) is 11.8 Å². The normalized spacial score (nSPS) is 15.7. The lowest BCUT2D eigenvalue weighted by molar-refractivity contribution is -0.116. The standard InChI is InChI=1S/C22H25FN6O2/c1-15-10-16(2)29(26-15)21(14-30)28-8-6-27(7-9-28)20-5-4-18(23)11-19(20)17-12-24-22(31-3)25-13-17/h4-5,10-14,21H,6-9H2,1-3H3. The highest BCUT2D eigenvalue weighted by atomic mass is 19.1. The summed E-state index contributed by atoms with van der Waals surface area (Å²) in [7, 11) is 1.50. The van der Waals surface area contributed by atoms with E-state index in [2.05, 4.69) is 24.9 Å². The van der Waals surface area contributed by atoms with Crippen molar-refractivity contribution >= 4 is 12.0 Å². The Bertz CT molecular complexity index is 1060. The summed E-state index contributed by atoms with van der Waals surface area (Å²) in [5.41, 5.74) is 4.19. The number of aromatic nitrogens is 4. The molecule has 0 bridgehead atoms. The number of methoxy groups -OCH3 is 1. The van der Waals surface area contributed by atoms with Crippen molar-refractivity contribution in [2.75, 3.05) is 38.2 Å². The first-order valence-electron chi connectivity index (χ1n) is 10.1. The van der Waals surface area contributed by atoms with Crippen LogP contribution >= 0.6 is 0 Å². The topological polar surface area (TPSA) is 76.4 Å². The molecule has 3 aromatic rings. The molecule has 1 atom stereocenters. The number of ether oxygens (including phenoxy) is 1. The van der Waals surface area contributed by atoms with Gasteiger partial charge in [-0.3, -0.25) is 9.69 Å². The Kier molecular flexibility index (Phi) is 5.94. The van der Waals surface area contributed by atoms with Gasteiger partial charge in [0.25, 0.3) is 0 Å². The Hall–Kier alpha value is -3.33. The highest BCUT2D eigenvalue weighted by molar-refractivity contribution is 5.78. The zero-order valence-corrected chi connectivity index (χ0v) is 17.8. The minimum Gasteiger partial charge on any atom is -0.467 e. The average molecular weight is 424 g/mol. The maximum Gasteiger partial charge on any atom is 0.316 e. The first-order valence-corrected chi connectivity index (χ1v) is 10.1. The van der Waals surface area contributed by atoms with Crippen molar-refractivity contribution in [1.29, 1.82) is 0 Å². The SMILES string of the molecule is COc1ncc(-c2cc(F)ccc2N2CCN(C(C=O)n3nc(C)cc3C)CC2)cn1. The predicted molar refractivity (Wildman–Crippen MR) is 115 cm³/mol. The molecule has 31 heavy (non-hydrogen) atoms. The van der Waals surface area contributed by atoms with Crippen molar-refractivity contribution < 1.29 is 13.9 Å². The van der Waals surface area contributed by atoms with E-state index in [0.717, 1.165) is 28.9 Å². The van der Waals surface area contributed by atoms with Crippen LogP contribution in [0.15, 0.2) is 36.7 Å². The molecule has 0 aliphatic carbocycles. The van der Waals surface area contributed by atoms with E-state index in [4.69, 9.17) is 4.74 Å². The highest BCUT2D eigenvalue weighted by Gasteiger charge is 2.27. The molecule has 1 aromatic carbocycles. The van der Waals surface area contributed by atoms with E-state index >= 15 is 0 Å². The van der Waals surface area contributed by atoms with E-state index in [1.165, 1.54) is 19.2 Å². The van der Waals surface area contributed by atoms with Crippen LogP contribution in [0.25, 0.3) is 11.1 Å². The second kappa shape index (κ2) is 8.81. The Morgan fingerprint density at radius 1 is 1.10 bits per heavy atom. The van der Waals surface area contributed by atoms with Crippen LogP contribution in [0.4, 0.5) is 10.1 Å². The number of rotatable bonds is 6. The fourth-order valence-electron chi connectivity index (χ4n) is 4.02. The monoisotopic (exact) mass is 424 g/mol. The summed E-state index contributed by atoms with van der Waals surface area (Å²) in [6, 6.07) is 6.97. The number of hydrogen-bond donors (Lipinski definition) is 0. The maximum absolute atomic E-state index is 14.0. The second-order valence-electron chi connectivity index (χ2n) is 7.56. The Morgan fingerprint density at radius 3 is 2.39 bits per heavy atom. The van der Waals surface area contributed by atoms with Crippen LogP contribution in [0.2, 0.25) is 0 Å². The van der Waals surface area contributed by atoms with Gasteiger partial charge in [-0.25, -0.2) is 19.0 Å². The number of aldehydes is 1. The number of benzene rings is 1. The molecule has 2 aromatic heterocycles. The van der Waals surface area contributed by atoms with E-state index in [1.54, 1.807) is 23.1 Å². The maximum atomic E-state index is 14.0. The largest absolute Gasteiger partial charge is 0.467 e. The van der Waals surface area contributed by atoms with Gasteiger partial charge >= 0.3 is 6.01 Å². The summed E-state index contributed by atoms with van der Waals surface area (Å²) in [6.07, 6.45) is 3.77. The molecule has 0 radical (unpaired) electrons. The number of halogens is 1. The van der Waals surface area contributed by atoms with Gasteiger partial charge in [0.2, 0.25) is 0 Å². The molecule has 1 aliphatic heterocycles. The van der Waals surface area contributed by atoms with Crippen LogP contribution in [0.5, 0.6) is 6.01 Å². The van der Waals surface area contributed by atoms with Gasteiger partial charge < -0.3 is 9.64 Å². The van der Waals surface area contributed by atoms with E-state index < -0.39 is 6.17 Å². The molecule has 4 rings (SSSR count). The molecule has 0 saturated carbocycles. The van der Waals surface area contributed by atoms with Gasteiger partial charge in [0.05, 0.1) is 12.8 Å². The lowest BCUT2D eigenvalue weighted by Gasteiger charge is -2.39. The van der Waals surface area contributed by atoms with Crippen molar-refractivity contribution in [3.8, 4) is 17.1 Å². The molecule has 1 fully saturated rings. The van der Waals surface area contributed by atoms with Crippen molar-refractivity contribution in [2.24, 2.45) is 0 Å². The van der Waals surface area contributed by atoms with Gasteiger partial charge in [0, 0.05) is 61.1 Å². The lowest BCUT2D eigenvalue weighted by atomic mass is 10.0. The number of hydrogen-bond acceptors (Lipinski definition) is 7. The van der Waals surface area contributed by atoms with Crippen molar-refractivity contribution in [2.45, 2.75) is 20.0 Å². The molecule has 8 nitrogen and oxygen atoms in total. The van der Waals surface area contributed by atoms with Crippen molar-refractivity contribution in [3.63, 3.8) is 0 Å². The predicted octanol–water partition coefficient (Wildman–Crippen LogP) is 2.62. The molecule has 1 unspecified atom stereocenters. The summed E-state index contributed by atoms with van der Waals surface area (Å²) >= 11 is 0. The van der Waals surface area contributed by atoms with Crippen LogP contribution in [-0.4, -0.2) is 64.2 Å². The number of nitrogens with zero attached hydrogens (tertiary/aromatic N) is 6. The molecule has 0 spiro atoms. The summed E-state index contributed by atoms with van der Waals surface area (Å²) in [4.78, 5) is 24.5. The van der Waals surface area contributed by atoms with Crippen LogP contribution in [-0.2, 0) is 4.79 Å². The zero-order chi connectivity index (χ0) is 22.0. The number of carbonyl (C=O) groups excluding carboxylic acids is 1. The van der Waals surface area contributed by atoms with Gasteiger partial charge in [-0.2, -0.15) is 5.10 Å². The molecular weight excluding hydrogens is 399 g/mol. The number of aryl methyl sites for hydroxylation is 2. The molecule has 0 N–H and O–H groups in total. The summed E-state index contributed by atoms with van der Waals surface area (Å²) < 4.78 is 20.8. The smallest absolute Gasteiger partial charge is 0.316 e. The molecule has 1 saturated heterocycles. The first-order chi connectivity index (χ1) is 15.0. The second-order valence-corrected chi connectivity index (χ2v) is 7.56. The van der Waals surface area contributed by atoms with E-state index in [0.29, 0.717) is 31.7 Å². The van der Waals surface area contributed by atoms with Gasteiger partial charge in [-0.15, -0.1) is 0 Å². The molecule has 162 valence electrons. The Balaban J connectivity index is 1.55. The third-order valence-electron chi connectivity index (χ3n) is 5.53. The van der Waals surface area contributed by atoms with Gasteiger partial charge in [-0.1, -0.05) is 0 Å². The molecule has 3 heterocycles. The fourth-order valence-corrected chi connectivity index (χ4v) is 4.02. The highest BCUT2D eigenvalue weighted by Crippen LogP contribution is 2.32. The quantitative estimate of drug-likeness (QED) is 0.563. The number of anilines is 1. The van der Waals surface area contributed by atoms with Crippen LogP contribution < -0.4 is 9.64 Å². The van der Waals surface area contributed by atoms with Crippen LogP contribution in [0, 0.1) is 19.7 Å². The molecule has 1 aliphatic rings.